The van der Waals surface area contributed by atoms with Crippen LogP contribution in [0.25, 0.3) is 0 Å². The molecular weight excluding hydrogens is 222 g/mol. The van der Waals surface area contributed by atoms with Gasteiger partial charge in [0.25, 0.3) is 0 Å². The van der Waals surface area contributed by atoms with Crippen LogP contribution in [0.15, 0.2) is 0 Å². The lowest BCUT2D eigenvalue weighted by Crippen LogP contribution is -2.43. The van der Waals surface area contributed by atoms with Gasteiger partial charge in [0.05, 0.1) is 0 Å². The highest BCUT2D eigenvalue weighted by atomic mass is 15.2. The van der Waals surface area contributed by atoms with E-state index in [-0.39, 0.29) is 0 Å². The maximum Gasteiger partial charge on any atom is 0.0109 e. The number of rotatable bonds is 7. The average Bonchev–Trinajstić information content (AvgIpc) is 2.25. The molecule has 1 rings (SSSR count). The highest BCUT2D eigenvalue weighted by molar-refractivity contribution is 4.78. The number of piperidine rings is 1. The van der Waals surface area contributed by atoms with E-state index in [1.165, 1.54) is 45.6 Å². The summed E-state index contributed by atoms with van der Waals surface area (Å²) in [7, 11) is 4.33. The summed E-state index contributed by atoms with van der Waals surface area (Å²) < 4.78 is 0. The van der Waals surface area contributed by atoms with Crippen LogP contribution >= 0.6 is 0 Å². The Balaban J connectivity index is 2.38. The van der Waals surface area contributed by atoms with Crippen molar-refractivity contribution in [1.82, 2.24) is 15.1 Å². The Bertz CT molecular complexity index is 216. The molecule has 1 fully saturated rings. The minimum atomic E-state index is 0.707. The molecule has 0 spiro atoms. The lowest BCUT2D eigenvalue weighted by molar-refractivity contribution is 0.164. The molecule has 18 heavy (non-hydrogen) atoms. The molecule has 1 heterocycles. The fraction of sp³-hybridized carbons (Fsp3) is 1.00. The number of nitrogens with zero attached hydrogens (tertiary/aromatic N) is 2. The third-order valence-electron chi connectivity index (χ3n) is 3.74. The second kappa shape index (κ2) is 8.13. The van der Waals surface area contributed by atoms with Gasteiger partial charge < -0.3 is 15.1 Å². The van der Waals surface area contributed by atoms with Crippen LogP contribution in [0.2, 0.25) is 0 Å². The molecule has 3 heteroatoms. The summed E-state index contributed by atoms with van der Waals surface area (Å²) in [6.45, 7) is 13.1. The summed E-state index contributed by atoms with van der Waals surface area (Å²) in [6, 6.07) is 0.707. The zero-order valence-corrected chi connectivity index (χ0v) is 13.1. The van der Waals surface area contributed by atoms with Crippen molar-refractivity contribution in [2.45, 2.75) is 39.7 Å². The predicted octanol–water partition coefficient (Wildman–Crippen LogP) is 1.89. The van der Waals surface area contributed by atoms with Gasteiger partial charge in [-0.15, -0.1) is 0 Å². The Morgan fingerprint density at radius 1 is 1.22 bits per heavy atom. The quantitative estimate of drug-likeness (QED) is 0.749. The molecule has 0 saturated carbocycles. The first-order valence-corrected chi connectivity index (χ1v) is 7.57. The zero-order chi connectivity index (χ0) is 13.5. The Kier molecular flexibility index (Phi) is 7.20. The third kappa shape index (κ3) is 6.72. The molecule has 1 saturated heterocycles. The van der Waals surface area contributed by atoms with Gasteiger partial charge in [0, 0.05) is 32.2 Å². The Morgan fingerprint density at radius 2 is 1.94 bits per heavy atom. The number of hydrogen-bond donors (Lipinski definition) is 1. The van der Waals surface area contributed by atoms with Crippen molar-refractivity contribution in [3.8, 4) is 0 Å². The Hall–Kier alpha value is -0.120. The SMILES string of the molecule is CC(C)CN(CCN(C)C)CC1CCNC(C)C1. The molecule has 0 aromatic rings. The van der Waals surface area contributed by atoms with Crippen molar-refractivity contribution in [2.24, 2.45) is 11.8 Å². The smallest absolute Gasteiger partial charge is 0.0109 e. The Labute approximate surface area is 114 Å². The molecule has 0 bridgehead atoms. The van der Waals surface area contributed by atoms with Crippen molar-refractivity contribution in [3.05, 3.63) is 0 Å². The molecule has 0 aromatic carbocycles. The monoisotopic (exact) mass is 255 g/mol. The normalized spacial score (nSPS) is 25.3. The van der Waals surface area contributed by atoms with Crippen molar-refractivity contribution in [3.63, 3.8) is 0 Å². The van der Waals surface area contributed by atoms with Gasteiger partial charge in [-0.3, -0.25) is 0 Å². The molecule has 0 aromatic heterocycles. The van der Waals surface area contributed by atoms with Crippen LogP contribution in [0.4, 0.5) is 0 Å². The van der Waals surface area contributed by atoms with E-state index in [2.05, 4.69) is 50.0 Å². The molecule has 1 N–H and O–H groups in total. The van der Waals surface area contributed by atoms with Crippen molar-refractivity contribution < 1.29 is 0 Å². The van der Waals surface area contributed by atoms with Crippen LogP contribution in [0.5, 0.6) is 0 Å². The maximum atomic E-state index is 3.55. The van der Waals surface area contributed by atoms with Crippen molar-refractivity contribution >= 4 is 0 Å². The van der Waals surface area contributed by atoms with Gasteiger partial charge in [-0.1, -0.05) is 13.8 Å². The molecule has 0 radical (unpaired) electrons. The predicted molar refractivity (Wildman–Crippen MR) is 80.0 cm³/mol. The summed E-state index contributed by atoms with van der Waals surface area (Å²) >= 11 is 0. The first-order valence-electron chi connectivity index (χ1n) is 7.57. The zero-order valence-electron chi connectivity index (χ0n) is 13.1. The van der Waals surface area contributed by atoms with Crippen LogP contribution in [-0.2, 0) is 0 Å². The summed E-state index contributed by atoms with van der Waals surface area (Å²) in [6.07, 6.45) is 2.69. The standard InChI is InChI=1S/C15H33N3/c1-13(2)11-18(9-8-17(4)5)12-15-6-7-16-14(3)10-15/h13-16H,6-12H2,1-5H3. The van der Waals surface area contributed by atoms with E-state index < -0.39 is 0 Å². The largest absolute Gasteiger partial charge is 0.314 e. The summed E-state index contributed by atoms with van der Waals surface area (Å²) in [5, 5.41) is 3.55. The van der Waals surface area contributed by atoms with Gasteiger partial charge in [0.2, 0.25) is 0 Å². The number of likely N-dealkylation sites (N-methyl/N-ethyl adjacent to an activating group) is 1. The van der Waals surface area contributed by atoms with Gasteiger partial charge in [-0.2, -0.15) is 0 Å². The molecule has 2 atom stereocenters. The summed E-state index contributed by atoms with van der Waals surface area (Å²) in [5.74, 6) is 1.66. The van der Waals surface area contributed by atoms with Gasteiger partial charge in [0.15, 0.2) is 0 Å². The maximum absolute atomic E-state index is 3.55. The second-order valence-electron chi connectivity index (χ2n) is 6.70. The molecule has 0 aliphatic carbocycles. The van der Waals surface area contributed by atoms with Crippen LogP contribution in [-0.4, -0.2) is 62.7 Å². The van der Waals surface area contributed by atoms with E-state index in [9.17, 15) is 0 Å². The van der Waals surface area contributed by atoms with E-state index in [0.29, 0.717) is 6.04 Å². The van der Waals surface area contributed by atoms with Gasteiger partial charge in [-0.05, 0) is 52.2 Å². The highest BCUT2D eigenvalue weighted by Crippen LogP contribution is 2.18. The van der Waals surface area contributed by atoms with Crippen molar-refractivity contribution in [1.29, 1.82) is 0 Å². The Morgan fingerprint density at radius 3 is 2.50 bits per heavy atom. The molecule has 3 nitrogen and oxygen atoms in total. The van der Waals surface area contributed by atoms with E-state index in [0.717, 1.165) is 11.8 Å². The van der Waals surface area contributed by atoms with Crippen LogP contribution in [0, 0.1) is 11.8 Å². The highest BCUT2D eigenvalue weighted by Gasteiger charge is 2.21. The molecule has 0 amide bonds. The second-order valence-corrected chi connectivity index (χ2v) is 6.70. The molecule has 2 unspecified atom stereocenters. The number of hydrogen-bond acceptors (Lipinski definition) is 3. The van der Waals surface area contributed by atoms with Crippen LogP contribution in [0.1, 0.15) is 33.6 Å². The van der Waals surface area contributed by atoms with Gasteiger partial charge in [0.1, 0.15) is 0 Å². The first-order chi connectivity index (χ1) is 8.47. The molecular formula is C15H33N3. The summed E-state index contributed by atoms with van der Waals surface area (Å²) in [4.78, 5) is 4.96. The minimum absolute atomic E-state index is 0.707. The minimum Gasteiger partial charge on any atom is -0.314 e. The van der Waals surface area contributed by atoms with E-state index in [4.69, 9.17) is 0 Å². The molecule has 108 valence electrons. The molecule has 1 aliphatic heterocycles. The average molecular weight is 255 g/mol. The molecule has 1 aliphatic rings. The van der Waals surface area contributed by atoms with Crippen molar-refractivity contribution in [2.75, 3.05) is 46.8 Å². The van der Waals surface area contributed by atoms with Gasteiger partial charge >= 0.3 is 0 Å². The fourth-order valence-corrected chi connectivity index (χ4v) is 2.88. The lowest BCUT2D eigenvalue weighted by atomic mass is 9.92. The van der Waals surface area contributed by atoms with Crippen LogP contribution < -0.4 is 5.32 Å². The first kappa shape index (κ1) is 15.9. The van der Waals surface area contributed by atoms with E-state index in [1.54, 1.807) is 0 Å². The van der Waals surface area contributed by atoms with Crippen LogP contribution in [0.3, 0.4) is 0 Å². The summed E-state index contributed by atoms with van der Waals surface area (Å²) in [5.41, 5.74) is 0. The number of nitrogens with one attached hydrogen (secondary N) is 1. The topological polar surface area (TPSA) is 18.5 Å². The van der Waals surface area contributed by atoms with Gasteiger partial charge in [-0.25, -0.2) is 0 Å². The lowest BCUT2D eigenvalue weighted by Gasteiger charge is -2.34. The van der Waals surface area contributed by atoms with E-state index in [1.807, 2.05) is 0 Å². The third-order valence-corrected chi connectivity index (χ3v) is 3.74. The fourth-order valence-electron chi connectivity index (χ4n) is 2.88. The van der Waals surface area contributed by atoms with E-state index >= 15 is 0 Å².